The number of hydrogen-bond acceptors (Lipinski definition) is 1. The molecule has 2 heteroatoms. The lowest BCUT2D eigenvalue weighted by molar-refractivity contribution is -0.370. The van der Waals surface area contributed by atoms with Gasteiger partial charge in [-0.25, -0.2) is 0 Å². The molecule has 1 aromatic rings. The highest BCUT2D eigenvalue weighted by Gasteiger charge is 2.04. The van der Waals surface area contributed by atoms with Crippen LogP contribution in [0.2, 0.25) is 0 Å². The van der Waals surface area contributed by atoms with E-state index in [1.807, 2.05) is 6.07 Å². The van der Waals surface area contributed by atoms with E-state index in [2.05, 4.69) is 38.6 Å². The molecule has 1 rings (SSSR count). The minimum Gasteiger partial charge on any atom is -0.488 e. The van der Waals surface area contributed by atoms with Gasteiger partial charge >= 0.3 is 0 Å². The van der Waals surface area contributed by atoms with Gasteiger partial charge in [-0.15, -0.1) is 0 Å². The van der Waals surface area contributed by atoms with Gasteiger partial charge in [-0.1, -0.05) is 19.9 Å². The number of aryl methyl sites for hydroxylation is 1. The molecule has 0 spiro atoms. The summed E-state index contributed by atoms with van der Waals surface area (Å²) in [6.07, 6.45) is 0. The highest BCUT2D eigenvalue weighted by Crippen LogP contribution is 2.23. The first-order valence-electron chi connectivity index (χ1n) is 5.17. The lowest BCUT2D eigenvalue weighted by Gasteiger charge is -2.11. The van der Waals surface area contributed by atoms with E-state index < -0.39 is 0 Å². The Balaban J connectivity index is 2.78. The van der Waals surface area contributed by atoms with Gasteiger partial charge in [0, 0.05) is 0 Å². The maximum absolute atomic E-state index is 5.51. The molecule has 0 unspecified atom stereocenters. The average molecular weight is 194 g/mol. The summed E-state index contributed by atoms with van der Waals surface area (Å²) in [6.45, 7) is 8.05. The summed E-state index contributed by atoms with van der Waals surface area (Å²) in [7, 11) is 0. The first-order chi connectivity index (χ1) is 6.65. The number of hydrogen-bond donors (Lipinski definition) is 1. The molecule has 0 amide bonds. The molecule has 1 aromatic carbocycles. The molecule has 0 fully saturated rings. The molecule has 0 aliphatic carbocycles. The molecule has 0 aliphatic heterocycles. The van der Waals surface area contributed by atoms with E-state index in [1.165, 1.54) is 11.1 Å². The van der Waals surface area contributed by atoms with Crippen LogP contribution in [0.3, 0.4) is 0 Å². The minimum absolute atomic E-state index is 0.580. The van der Waals surface area contributed by atoms with Crippen LogP contribution in [0.1, 0.15) is 30.9 Å². The monoisotopic (exact) mass is 194 g/mol. The smallest absolute Gasteiger partial charge is 0.137 e. The fourth-order valence-electron chi connectivity index (χ4n) is 1.58. The molecule has 0 atom stereocenters. The molecular weight excluding hydrogens is 174 g/mol. The van der Waals surface area contributed by atoms with E-state index in [0.29, 0.717) is 12.5 Å². The zero-order valence-electron chi connectivity index (χ0n) is 9.34. The summed E-state index contributed by atoms with van der Waals surface area (Å²) >= 11 is 0. The molecule has 0 saturated carbocycles. The average Bonchev–Trinajstić information content (AvgIpc) is 2.14. The molecule has 78 valence electrons. The van der Waals surface area contributed by atoms with Gasteiger partial charge in [0.25, 0.3) is 0 Å². The molecule has 0 radical (unpaired) electrons. The van der Waals surface area contributed by atoms with Gasteiger partial charge in [-0.2, -0.15) is 0 Å². The van der Waals surface area contributed by atoms with Crippen molar-refractivity contribution in [3.05, 3.63) is 29.3 Å². The molecule has 14 heavy (non-hydrogen) atoms. The van der Waals surface area contributed by atoms with Crippen molar-refractivity contribution in [1.29, 1.82) is 0 Å². The summed E-state index contributed by atoms with van der Waals surface area (Å²) < 4.78 is 5.51. The van der Waals surface area contributed by atoms with Crippen molar-refractivity contribution in [2.75, 3.05) is 13.2 Å². The van der Waals surface area contributed by atoms with E-state index in [9.17, 15) is 0 Å². The molecular formula is C12H20NO+. The molecule has 0 aliphatic rings. The van der Waals surface area contributed by atoms with Crippen molar-refractivity contribution in [3.63, 3.8) is 0 Å². The number of ether oxygens (including phenoxy) is 1. The maximum atomic E-state index is 5.51. The Bertz CT molecular complexity index is 294. The van der Waals surface area contributed by atoms with Crippen molar-refractivity contribution in [3.8, 4) is 5.75 Å². The van der Waals surface area contributed by atoms with Gasteiger partial charge in [-0.3, -0.25) is 0 Å². The van der Waals surface area contributed by atoms with Crippen molar-refractivity contribution in [2.45, 2.75) is 26.7 Å². The van der Waals surface area contributed by atoms with Gasteiger partial charge < -0.3 is 10.5 Å². The normalized spacial score (nSPS) is 10.6. The van der Waals surface area contributed by atoms with Crippen molar-refractivity contribution >= 4 is 0 Å². The molecule has 0 aromatic heterocycles. The SMILES string of the molecule is Cc1cc(OCC[NH3+])ccc1C(C)C. The van der Waals surface area contributed by atoms with Crippen molar-refractivity contribution < 1.29 is 10.5 Å². The minimum atomic E-state index is 0.580. The van der Waals surface area contributed by atoms with Gasteiger partial charge in [0.1, 0.15) is 18.9 Å². The zero-order chi connectivity index (χ0) is 10.6. The fourth-order valence-corrected chi connectivity index (χ4v) is 1.58. The van der Waals surface area contributed by atoms with Crippen LogP contribution < -0.4 is 10.5 Å². The topological polar surface area (TPSA) is 36.9 Å². The Kier molecular flexibility index (Phi) is 3.96. The highest BCUT2D eigenvalue weighted by atomic mass is 16.5. The van der Waals surface area contributed by atoms with Crippen LogP contribution in [0, 0.1) is 6.92 Å². The molecule has 0 saturated heterocycles. The van der Waals surface area contributed by atoms with Gasteiger partial charge in [0.15, 0.2) is 0 Å². The Labute approximate surface area is 86.1 Å². The quantitative estimate of drug-likeness (QED) is 0.778. The number of benzene rings is 1. The summed E-state index contributed by atoms with van der Waals surface area (Å²) in [6, 6.07) is 6.29. The number of quaternary nitrogens is 1. The third-order valence-electron chi connectivity index (χ3n) is 2.28. The molecule has 2 nitrogen and oxygen atoms in total. The Hall–Kier alpha value is -1.02. The van der Waals surface area contributed by atoms with E-state index in [-0.39, 0.29) is 0 Å². The largest absolute Gasteiger partial charge is 0.488 e. The van der Waals surface area contributed by atoms with E-state index in [4.69, 9.17) is 4.74 Å². The molecule has 0 heterocycles. The third kappa shape index (κ3) is 2.74. The van der Waals surface area contributed by atoms with Crippen LogP contribution in [0.15, 0.2) is 18.2 Å². The maximum Gasteiger partial charge on any atom is 0.137 e. The second kappa shape index (κ2) is 5.01. The first-order valence-corrected chi connectivity index (χ1v) is 5.17. The van der Waals surface area contributed by atoms with Crippen LogP contribution in [0.25, 0.3) is 0 Å². The standard InChI is InChI=1S/C12H19NO/c1-9(2)12-5-4-11(8-10(12)3)14-7-6-13/h4-5,8-9H,6-7,13H2,1-3H3/p+1. The Morgan fingerprint density at radius 3 is 2.57 bits per heavy atom. The lowest BCUT2D eigenvalue weighted by atomic mass is 9.98. The summed E-state index contributed by atoms with van der Waals surface area (Å²) in [5.74, 6) is 1.53. The highest BCUT2D eigenvalue weighted by molar-refractivity contribution is 5.36. The second-order valence-electron chi connectivity index (χ2n) is 3.88. The van der Waals surface area contributed by atoms with Gasteiger partial charge in [-0.05, 0) is 36.1 Å². The van der Waals surface area contributed by atoms with Gasteiger partial charge in [0.2, 0.25) is 0 Å². The van der Waals surface area contributed by atoms with Crippen LogP contribution in [-0.2, 0) is 0 Å². The summed E-state index contributed by atoms with van der Waals surface area (Å²) in [5.41, 5.74) is 6.45. The predicted octanol–water partition coefficient (Wildman–Crippen LogP) is 1.74. The van der Waals surface area contributed by atoms with Crippen LogP contribution in [0.5, 0.6) is 5.75 Å². The van der Waals surface area contributed by atoms with E-state index in [0.717, 1.165) is 12.3 Å². The Morgan fingerprint density at radius 1 is 1.36 bits per heavy atom. The molecule has 0 bridgehead atoms. The number of rotatable bonds is 4. The van der Waals surface area contributed by atoms with Crippen LogP contribution in [-0.4, -0.2) is 13.2 Å². The third-order valence-corrected chi connectivity index (χ3v) is 2.28. The van der Waals surface area contributed by atoms with Crippen LogP contribution >= 0.6 is 0 Å². The Morgan fingerprint density at radius 2 is 2.07 bits per heavy atom. The van der Waals surface area contributed by atoms with Gasteiger partial charge in [0.05, 0.1) is 0 Å². The zero-order valence-corrected chi connectivity index (χ0v) is 9.34. The predicted molar refractivity (Wildman–Crippen MR) is 58.5 cm³/mol. The van der Waals surface area contributed by atoms with E-state index >= 15 is 0 Å². The first kappa shape index (κ1) is 11.1. The van der Waals surface area contributed by atoms with E-state index in [1.54, 1.807) is 0 Å². The van der Waals surface area contributed by atoms with Crippen molar-refractivity contribution in [1.82, 2.24) is 0 Å². The summed E-state index contributed by atoms with van der Waals surface area (Å²) in [5, 5.41) is 0. The lowest BCUT2D eigenvalue weighted by Crippen LogP contribution is -2.52. The summed E-state index contributed by atoms with van der Waals surface area (Å²) in [4.78, 5) is 0. The fraction of sp³-hybridized carbons (Fsp3) is 0.500. The second-order valence-corrected chi connectivity index (χ2v) is 3.88. The van der Waals surface area contributed by atoms with Crippen LogP contribution in [0.4, 0.5) is 0 Å². The van der Waals surface area contributed by atoms with Crippen molar-refractivity contribution in [2.24, 2.45) is 0 Å². The molecule has 3 N–H and O–H groups in total.